The molecule has 3 N–H and O–H groups in total. The smallest absolute Gasteiger partial charge is 0.248 e. The van der Waals surface area contributed by atoms with Gasteiger partial charge in [-0.25, -0.2) is 24.9 Å². The van der Waals surface area contributed by atoms with E-state index in [9.17, 15) is 9.59 Å². The first kappa shape index (κ1) is 23.1. The van der Waals surface area contributed by atoms with Gasteiger partial charge in [-0.05, 0) is 25.9 Å². The van der Waals surface area contributed by atoms with Crippen LogP contribution in [0.3, 0.4) is 0 Å². The van der Waals surface area contributed by atoms with Gasteiger partial charge in [0, 0.05) is 38.4 Å². The van der Waals surface area contributed by atoms with Crippen molar-refractivity contribution in [2.45, 2.75) is 19.4 Å². The Morgan fingerprint density at radius 2 is 1.86 bits per heavy atom. The van der Waals surface area contributed by atoms with E-state index in [0.717, 1.165) is 25.9 Å². The zero-order valence-corrected chi connectivity index (χ0v) is 19.6. The molecule has 0 unspecified atom stereocenters. The standard InChI is InChI=1S/C22H28N10O3/c1-30(21(34)14-2-4-24-5-3-14)16(33)12-32-13-27-17-19(31-6-8-35-9-7-31)28-18(29-20(17)32)15-10-25-22(23)26-11-15/h10-11,13-14,24H,2-9,12H2,1H3,(H2,23,25,26). The van der Waals surface area contributed by atoms with Gasteiger partial charge in [0.05, 0.1) is 25.1 Å². The number of nitrogens with one attached hydrogen (secondary N) is 1. The lowest BCUT2D eigenvalue weighted by atomic mass is 9.97. The number of fused-ring (bicyclic) bond motifs is 1. The van der Waals surface area contributed by atoms with Crippen molar-refractivity contribution in [2.75, 3.05) is 57.1 Å². The second kappa shape index (κ2) is 9.88. The number of imidazole rings is 1. The van der Waals surface area contributed by atoms with Crippen LogP contribution in [0.15, 0.2) is 18.7 Å². The van der Waals surface area contributed by atoms with Gasteiger partial charge in [-0.3, -0.25) is 14.5 Å². The number of carbonyl (C=O) groups excluding carboxylic acids is 2. The lowest BCUT2D eigenvalue weighted by Crippen LogP contribution is -2.43. The van der Waals surface area contributed by atoms with Crippen LogP contribution in [-0.4, -0.2) is 92.6 Å². The van der Waals surface area contributed by atoms with Gasteiger partial charge in [0.1, 0.15) is 6.54 Å². The molecule has 5 heterocycles. The molecule has 2 aliphatic heterocycles. The van der Waals surface area contributed by atoms with Gasteiger partial charge in [-0.15, -0.1) is 0 Å². The van der Waals surface area contributed by atoms with Crippen LogP contribution < -0.4 is 16.0 Å². The van der Waals surface area contributed by atoms with E-state index in [0.29, 0.717) is 54.7 Å². The SMILES string of the molecule is CN(C(=O)Cn1cnc2c(N3CCOCC3)nc(-c3cnc(N)nc3)nc21)C(=O)C1CCNCC1. The first-order chi connectivity index (χ1) is 17.0. The van der Waals surface area contributed by atoms with E-state index in [2.05, 4.69) is 30.2 Å². The van der Waals surface area contributed by atoms with Gasteiger partial charge >= 0.3 is 0 Å². The number of likely N-dealkylation sites (N-methyl/N-ethyl adjacent to an activating group) is 1. The van der Waals surface area contributed by atoms with Crippen LogP contribution in [-0.2, 0) is 20.9 Å². The van der Waals surface area contributed by atoms with E-state index in [1.807, 2.05) is 0 Å². The number of anilines is 2. The fraction of sp³-hybridized carbons (Fsp3) is 0.500. The van der Waals surface area contributed by atoms with Crippen molar-refractivity contribution in [3.05, 3.63) is 18.7 Å². The third-order valence-corrected chi connectivity index (χ3v) is 6.38. The zero-order valence-electron chi connectivity index (χ0n) is 19.6. The summed E-state index contributed by atoms with van der Waals surface area (Å²) in [5.41, 5.74) is 7.30. The highest BCUT2D eigenvalue weighted by Gasteiger charge is 2.28. The van der Waals surface area contributed by atoms with E-state index in [1.165, 1.54) is 11.9 Å². The number of piperidine rings is 1. The molecule has 13 nitrogen and oxygen atoms in total. The molecule has 2 amide bonds. The number of rotatable bonds is 5. The molecule has 2 saturated heterocycles. The van der Waals surface area contributed by atoms with Crippen LogP contribution in [0, 0.1) is 5.92 Å². The van der Waals surface area contributed by atoms with Crippen LogP contribution in [0.4, 0.5) is 11.8 Å². The Balaban J connectivity index is 1.47. The van der Waals surface area contributed by atoms with Gasteiger partial charge in [-0.1, -0.05) is 0 Å². The van der Waals surface area contributed by atoms with Crippen molar-refractivity contribution in [2.24, 2.45) is 5.92 Å². The Bertz CT molecular complexity index is 1220. The van der Waals surface area contributed by atoms with Crippen LogP contribution in [0.1, 0.15) is 12.8 Å². The topological polar surface area (TPSA) is 157 Å². The van der Waals surface area contributed by atoms with Crippen LogP contribution >= 0.6 is 0 Å². The van der Waals surface area contributed by atoms with Gasteiger partial charge < -0.3 is 25.3 Å². The van der Waals surface area contributed by atoms with Crippen molar-refractivity contribution in [1.82, 2.24) is 39.7 Å². The van der Waals surface area contributed by atoms with E-state index in [-0.39, 0.29) is 30.2 Å². The Labute approximate surface area is 201 Å². The highest BCUT2D eigenvalue weighted by Crippen LogP contribution is 2.27. The summed E-state index contributed by atoms with van der Waals surface area (Å²) in [5.74, 6) is 0.584. The fourth-order valence-electron chi connectivity index (χ4n) is 4.34. The van der Waals surface area contributed by atoms with Crippen molar-refractivity contribution < 1.29 is 14.3 Å². The molecule has 0 spiro atoms. The number of carbonyl (C=O) groups is 2. The average molecular weight is 481 g/mol. The molecule has 0 radical (unpaired) electrons. The molecule has 3 aromatic heterocycles. The van der Waals surface area contributed by atoms with E-state index >= 15 is 0 Å². The third kappa shape index (κ3) is 4.77. The Morgan fingerprint density at radius 1 is 1.14 bits per heavy atom. The lowest BCUT2D eigenvalue weighted by Gasteiger charge is -2.28. The predicted octanol–water partition coefficient (Wildman–Crippen LogP) is -0.313. The number of hydrogen-bond donors (Lipinski definition) is 2. The minimum Gasteiger partial charge on any atom is -0.378 e. The van der Waals surface area contributed by atoms with E-state index < -0.39 is 0 Å². The molecule has 0 saturated carbocycles. The number of nitrogens with two attached hydrogens (primary N) is 1. The zero-order chi connectivity index (χ0) is 24.4. The summed E-state index contributed by atoms with van der Waals surface area (Å²) in [5, 5.41) is 3.24. The molecule has 0 bridgehead atoms. The maximum Gasteiger partial charge on any atom is 0.248 e. The predicted molar refractivity (Wildman–Crippen MR) is 127 cm³/mol. The second-order valence-electron chi connectivity index (χ2n) is 8.66. The first-order valence-corrected chi connectivity index (χ1v) is 11.7. The maximum atomic E-state index is 13.1. The number of ether oxygens (including phenoxy) is 1. The van der Waals surface area contributed by atoms with Gasteiger partial charge in [0.2, 0.25) is 17.8 Å². The second-order valence-corrected chi connectivity index (χ2v) is 8.66. The van der Waals surface area contributed by atoms with Crippen LogP contribution in [0.5, 0.6) is 0 Å². The molecule has 35 heavy (non-hydrogen) atoms. The molecule has 0 atom stereocenters. The fourth-order valence-corrected chi connectivity index (χ4v) is 4.34. The van der Waals surface area contributed by atoms with Crippen molar-refractivity contribution in [3.8, 4) is 11.4 Å². The number of nitrogens with zero attached hydrogens (tertiary/aromatic N) is 8. The lowest BCUT2D eigenvalue weighted by molar-refractivity contribution is -0.146. The summed E-state index contributed by atoms with van der Waals surface area (Å²) < 4.78 is 7.14. The number of hydrogen-bond acceptors (Lipinski definition) is 11. The molecular formula is C22H28N10O3. The molecule has 0 aromatic carbocycles. The number of aromatic nitrogens is 6. The molecular weight excluding hydrogens is 452 g/mol. The number of morpholine rings is 1. The maximum absolute atomic E-state index is 13.1. The third-order valence-electron chi connectivity index (χ3n) is 6.38. The van der Waals surface area contributed by atoms with Gasteiger partial charge in [0.15, 0.2) is 22.8 Å². The summed E-state index contributed by atoms with van der Waals surface area (Å²) >= 11 is 0. The summed E-state index contributed by atoms with van der Waals surface area (Å²) in [6.07, 6.45) is 6.14. The quantitative estimate of drug-likeness (QED) is 0.493. The first-order valence-electron chi connectivity index (χ1n) is 11.7. The Morgan fingerprint density at radius 3 is 2.57 bits per heavy atom. The number of imide groups is 1. The monoisotopic (exact) mass is 480 g/mol. The highest BCUT2D eigenvalue weighted by molar-refractivity contribution is 5.96. The summed E-state index contributed by atoms with van der Waals surface area (Å²) in [6, 6.07) is 0. The molecule has 5 rings (SSSR count). The van der Waals surface area contributed by atoms with Crippen molar-refractivity contribution in [1.29, 1.82) is 0 Å². The van der Waals surface area contributed by atoms with E-state index in [1.54, 1.807) is 23.3 Å². The minimum absolute atomic E-state index is 0.0685. The van der Waals surface area contributed by atoms with Crippen LogP contribution in [0.25, 0.3) is 22.6 Å². The normalized spacial score (nSPS) is 17.0. The molecule has 3 aromatic rings. The molecule has 184 valence electrons. The number of amides is 2. The summed E-state index contributed by atoms with van der Waals surface area (Å²) in [4.78, 5) is 51.3. The summed E-state index contributed by atoms with van der Waals surface area (Å²) in [6.45, 7) is 3.96. The highest BCUT2D eigenvalue weighted by atomic mass is 16.5. The van der Waals surface area contributed by atoms with Crippen LogP contribution in [0.2, 0.25) is 0 Å². The largest absolute Gasteiger partial charge is 0.378 e. The summed E-state index contributed by atoms with van der Waals surface area (Å²) in [7, 11) is 1.54. The van der Waals surface area contributed by atoms with Gasteiger partial charge in [0.25, 0.3) is 0 Å². The Hall–Kier alpha value is -3.71. The molecule has 2 fully saturated rings. The minimum atomic E-state index is -0.322. The van der Waals surface area contributed by atoms with Crippen molar-refractivity contribution in [3.63, 3.8) is 0 Å². The van der Waals surface area contributed by atoms with E-state index in [4.69, 9.17) is 15.5 Å². The number of nitrogen functional groups attached to an aromatic ring is 1. The molecule has 13 heteroatoms. The van der Waals surface area contributed by atoms with Crippen molar-refractivity contribution >= 4 is 34.7 Å². The molecule has 2 aliphatic rings. The van der Waals surface area contributed by atoms with Gasteiger partial charge in [-0.2, -0.15) is 0 Å². The molecule has 0 aliphatic carbocycles. The average Bonchev–Trinajstić information content (AvgIpc) is 3.31. The Kier molecular flexibility index (Phi) is 6.51.